The lowest BCUT2D eigenvalue weighted by Crippen LogP contribution is -2.41. The van der Waals surface area contributed by atoms with E-state index in [4.69, 9.17) is 14.2 Å². The summed E-state index contributed by atoms with van der Waals surface area (Å²) < 4.78 is 32.2. The molecular weight excluding hydrogens is 331 g/mol. The number of aromatic nitrogens is 2. The fourth-order valence-electron chi connectivity index (χ4n) is 2.95. The first-order chi connectivity index (χ1) is 12.0. The van der Waals surface area contributed by atoms with Crippen molar-refractivity contribution < 1.29 is 23.4 Å². The smallest absolute Gasteiger partial charge is 0.338 e. The third-order valence-electron chi connectivity index (χ3n) is 4.26. The lowest BCUT2D eigenvalue weighted by Gasteiger charge is -2.27. The van der Waals surface area contributed by atoms with Gasteiger partial charge in [0.1, 0.15) is 12.7 Å². The summed E-state index contributed by atoms with van der Waals surface area (Å²) in [5.74, 6) is -0.526. The van der Waals surface area contributed by atoms with E-state index in [1.807, 2.05) is 0 Å². The van der Waals surface area contributed by atoms with E-state index in [1.54, 1.807) is 37.3 Å². The third kappa shape index (κ3) is 2.68. The number of nitrogens with zero attached hydrogens (tertiary/aromatic N) is 2. The highest BCUT2D eigenvalue weighted by molar-refractivity contribution is 5.89. The number of aryl methyl sites for hydroxylation is 1. The number of esters is 1. The summed E-state index contributed by atoms with van der Waals surface area (Å²) in [6.07, 6.45) is -2.72. The van der Waals surface area contributed by atoms with Crippen molar-refractivity contribution in [1.29, 1.82) is 0 Å². The SMILES string of the molecule is Cc1cn2c(nc1=O)O[C@@H]1[C@H](F)[C@H]2O[C@@H]1COC(=O)c1ccccc1. The van der Waals surface area contributed by atoms with Crippen LogP contribution in [0.2, 0.25) is 0 Å². The highest BCUT2D eigenvalue weighted by Crippen LogP contribution is 2.40. The summed E-state index contributed by atoms with van der Waals surface area (Å²) in [6.45, 7) is 1.42. The Labute approximate surface area is 142 Å². The maximum Gasteiger partial charge on any atom is 0.338 e. The lowest BCUT2D eigenvalue weighted by atomic mass is 10.1. The van der Waals surface area contributed by atoms with E-state index in [9.17, 15) is 14.0 Å². The van der Waals surface area contributed by atoms with E-state index in [2.05, 4.69) is 4.98 Å². The second-order valence-electron chi connectivity index (χ2n) is 5.98. The molecule has 2 bridgehead atoms. The molecule has 25 heavy (non-hydrogen) atoms. The molecule has 7 nitrogen and oxygen atoms in total. The minimum atomic E-state index is -1.45. The van der Waals surface area contributed by atoms with Crippen molar-refractivity contribution in [1.82, 2.24) is 9.55 Å². The van der Waals surface area contributed by atoms with Crippen molar-refractivity contribution >= 4 is 5.97 Å². The third-order valence-corrected chi connectivity index (χ3v) is 4.26. The van der Waals surface area contributed by atoms with Crippen molar-refractivity contribution in [2.75, 3.05) is 6.61 Å². The maximum absolute atomic E-state index is 14.5. The fraction of sp³-hybridized carbons (Fsp3) is 0.353. The standard InChI is InChI=1S/C17H15FN2O5/c1-9-7-20-15-12(18)13(25-17(20)19-14(9)21)11(24-15)8-23-16(22)10-5-3-2-4-6-10/h2-7,11-13,15H,8H2,1H3/t11-,12+,13+,15-/m1/s1. The van der Waals surface area contributed by atoms with Crippen LogP contribution in [0.4, 0.5) is 4.39 Å². The van der Waals surface area contributed by atoms with Crippen LogP contribution in [0.1, 0.15) is 22.1 Å². The van der Waals surface area contributed by atoms with E-state index in [0.29, 0.717) is 11.1 Å². The van der Waals surface area contributed by atoms with Gasteiger partial charge in [0.25, 0.3) is 5.56 Å². The number of hydrogen-bond acceptors (Lipinski definition) is 6. The molecule has 0 spiro atoms. The average molecular weight is 346 g/mol. The van der Waals surface area contributed by atoms with Crippen LogP contribution in [0.25, 0.3) is 0 Å². The average Bonchev–Trinajstić information content (AvgIpc) is 2.82. The van der Waals surface area contributed by atoms with Gasteiger partial charge in [0.05, 0.1) is 5.56 Å². The summed E-state index contributed by atoms with van der Waals surface area (Å²) in [7, 11) is 0. The van der Waals surface area contributed by atoms with Crippen LogP contribution >= 0.6 is 0 Å². The highest BCUT2D eigenvalue weighted by atomic mass is 19.1. The molecular formula is C17H15FN2O5. The number of ether oxygens (including phenoxy) is 3. The van der Waals surface area contributed by atoms with E-state index >= 15 is 0 Å². The largest absolute Gasteiger partial charge is 0.459 e. The molecule has 1 aromatic carbocycles. The van der Waals surface area contributed by atoms with Gasteiger partial charge in [0.15, 0.2) is 18.5 Å². The van der Waals surface area contributed by atoms with E-state index in [-0.39, 0.29) is 12.6 Å². The van der Waals surface area contributed by atoms with Gasteiger partial charge < -0.3 is 14.2 Å². The number of benzene rings is 1. The van der Waals surface area contributed by atoms with Crippen LogP contribution in [0.15, 0.2) is 41.3 Å². The molecule has 1 saturated heterocycles. The molecule has 0 aliphatic carbocycles. The fourth-order valence-corrected chi connectivity index (χ4v) is 2.95. The number of carbonyl (C=O) groups excluding carboxylic acids is 1. The van der Waals surface area contributed by atoms with Gasteiger partial charge in [0.2, 0.25) is 0 Å². The highest BCUT2D eigenvalue weighted by Gasteiger charge is 2.52. The number of fused-ring (bicyclic) bond motifs is 4. The molecule has 1 fully saturated rings. The Kier molecular flexibility index (Phi) is 3.76. The van der Waals surface area contributed by atoms with Crippen LogP contribution in [-0.4, -0.2) is 40.5 Å². The predicted octanol–water partition coefficient (Wildman–Crippen LogP) is 1.41. The molecule has 2 aromatic rings. The Balaban J connectivity index is 1.50. The summed E-state index contributed by atoms with van der Waals surface area (Å²) >= 11 is 0. The van der Waals surface area contributed by atoms with Gasteiger partial charge in [0, 0.05) is 11.8 Å². The normalized spacial score (nSPS) is 26.6. The number of carbonyl (C=O) groups is 1. The van der Waals surface area contributed by atoms with Gasteiger partial charge in [-0.05, 0) is 19.1 Å². The second-order valence-corrected chi connectivity index (χ2v) is 5.98. The van der Waals surface area contributed by atoms with Crippen LogP contribution in [-0.2, 0) is 9.47 Å². The quantitative estimate of drug-likeness (QED) is 0.782. The molecule has 2 aliphatic heterocycles. The van der Waals surface area contributed by atoms with Crippen molar-refractivity contribution in [2.24, 2.45) is 0 Å². The molecule has 4 atom stereocenters. The zero-order valence-corrected chi connectivity index (χ0v) is 13.3. The van der Waals surface area contributed by atoms with Crippen molar-refractivity contribution in [2.45, 2.75) is 31.5 Å². The number of alkyl halides is 1. The lowest BCUT2D eigenvalue weighted by molar-refractivity contribution is -0.0421. The molecule has 4 rings (SSSR count). The minimum Gasteiger partial charge on any atom is -0.459 e. The van der Waals surface area contributed by atoms with Crippen LogP contribution < -0.4 is 10.3 Å². The number of halogens is 1. The Morgan fingerprint density at radius 1 is 1.36 bits per heavy atom. The minimum absolute atomic E-state index is 0.0105. The molecule has 0 saturated carbocycles. The first-order valence-corrected chi connectivity index (χ1v) is 7.83. The molecule has 0 radical (unpaired) electrons. The van der Waals surface area contributed by atoms with E-state index in [0.717, 1.165) is 0 Å². The Bertz CT molecular complexity index is 869. The van der Waals surface area contributed by atoms with Gasteiger partial charge in [-0.25, -0.2) is 9.18 Å². The molecule has 8 heteroatoms. The summed E-state index contributed by atoms with van der Waals surface area (Å²) in [5.41, 5.74) is 0.322. The summed E-state index contributed by atoms with van der Waals surface area (Å²) in [4.78, 5) is 27.5. The molecule has 0 N–H and O–H groups in total. The number of rotatable bonds is 3. The molecule has 130 valence electrons. The van der Waals surface area contributed by atoms with E-state index in [1.165, 1.54) is 10.8 Å². The molecule has 0 amide bonds. The van der Waals surface area contributed by atoms with Crippen molar-refractivity contribution in [3.63, 3.8) is 0 Å². The zero-order valence-electron chi connectivity index (χ0n) is 13.3. The van der Waals surface area contributed by atoms with Crippen LogP contribution in [0, 0.1) is 6.92 Å². The Morgan fingerprint density at radius 3 is 2.88 bits per heavy atom. The van der Waals surface area contributed by atoms with Gasteiger partial charge >= 0.3 is 12.0 Å². The van der Waals surface area contributed by atoms with Crippen LogP contribution in [0.5, 0.6) is 6.01 Å². The van der Waals surface area contributed by atoms with Gasteiger partial charge in [-0.1, -0.05) is 18.2 Å². The molecule has 2 aliphatic rings. The van der Waals surface area contributed by atoms with Crippen LogP contribution in [0.3, 0.4) is 0 Å². The zero-order chi connectivity index (χ0) is 17.6. The predicted molar refractivity (Wildman–Crippen MR) is 83.2 cm³/mol. The van der Waals surface area contributed by atoms with Gasteiger partial charge in [-0.2, -0.15) is 4.98 Å². The number of hydrogen-bond donors (Lipinski definition) is 0. The van der Waals surface area contributed by atoms with Crippen molar-refractivity contribution in [3.05, 3.63) is 58.0 Å². The first-order valence-electron chi connectivity index (χ1n) is 7.83. The summed E-state index contributed by atoms with van der Waals surface area (Å²) in [5, 5.41) is 0. The Morgan fingerprint density at radius 2 is 2.12 bits per heavy atom. The van der Waals surface area contributed by atoms with Crippen molar-refractivity contribution in [3.8, 4) is 6.01 Å². The molecule has 3 heterocycles. The maximum atomic E-state index is 14.5. The van der Waals surface area contributed by atoms with E-state index < -0.39 is 36.1 Å². The molecule has 1 aromatic heterocycles. The Hall–Kier alpha value is -2.74. The second kappa shape index (κ2) is 5.96. The first kappa shape index (κ1) is 15.8. The monoisotopic (exact) mass is 346 g/mol. The molecule has 0 unspecified atom stereocenters. The van der Waals surface area contributed by atoms with Gasteiger partial charge in [-0.15, -0.1) is 0 Å². The van der Waals surface area contributed by atoms with Gasteiger partial charge in [-0.3, -0.25) is 9.36 Å². The summed E-state index contributed by atoms with van der Waals surface area (Å²) in [6, 6.07) is 8.49. The topological polar surface area (TPSA) is 79.7 Å².